The normalized spacial score (nSPS) is 11.4. The van der Waals surface area contributed by atoms with Crippen molar-refractivity contribution in [3.8, 4) is 5.75 Å². The molecule has 1 unspecified atom stereocenters. The summed E-state index contributed by atoms with van der Waals surface area (Å²) in [7, 11) is 0. The maximum Gasteiger partial charge on any atom is 0.341 e. The lowest BCUT2D eigenvalue weighted by atomic mass is 10.2. The molecule has 0 aliphatic carbocycles. The predicted molar refractivity (Wildman–Crippen MR) is 94.6 cm³/mol. The minimum absolute atomic E-state index is 0.0386. The van der Waals surface area contributed by atoms with Crippen molar-refractivity contribution >= 4 is 11.9 Å². The van der Waals surface area contributed by atoms with Gasteiger partial charge < -0.3 is 14.6 Å². The van der Waals surface area contributed by atoms with Crippen molar-refractivity contribution in [1.29, 1.82) is 0 Å². The van der Waals surface area contributed by atoms with E-state index < -0.39 is 18.2 Å². The maximum atomic E-state index is 12.4. The summed E-state index contributed by atoms with van der Waals surface area (Å²) in [6.07, 6.45) is -1.19. The zero-order valence-electron chi connectivity index (χ0n) is 13.7. The largest absolute Gasteiger partial charge is 0.508 e. The van der Waals surface area contributed by atoms with E-state index in [1.165, 1.54) is 24.3 Å². The predicted octanol–water partition coefficient (Wildman–Crippen LogP) is 4.10. The maximum absolute atomic E-state index is 12.4. The van der Waals surface area contributed by atoms with E-state index in [-0.39, 0.29) is 11.3 Å². The Kier molecular flexibility index (Phi) is 5.29. The van der Waals surface area contributed by atoms with Crippen LogP contribution in [0.4, 0.5) is 0 Å². The Morgan fingerprint density at radius 2 is 1.12 bits per heavy atom. The number of hydrogen-bond donors (Lipinski definition) is 1. The van der Waals surface area contributed by atoms with Crippen LogP contribution in [0.5, 0.6) is 5.75 Å². The van der Waals surface area contributed by atoms with Crippen molar-refractivity contribution in [2.75, 3.05) is 0 Å². The third-order valence-corrected chi connectivity index (χ3v) is 3.61. The van der Waals surface area contributed by atoms with Crippen LogP contribution in [0, 0.1) is 0 Å². The number of hydrogen-bond acceptors (Lipinski definition) is 5. The van der Waals surface area contributed by atoms with Gasteiger partial charge in [-0.2, -0.15) is 0 Å². The van der Waals surface area contributed by atoms with Crippen molar-refractivity contribution in [3.63, 3.8) is 0 Å². The first-order valence-corrected chi connectivity index (χ1v) is 7.94. The lowest BCUT2D eigenvalue weighted by Crippen LogP contribution is -2.18. The molecule has 0 bridgehead atoms. The first-order valence-electron chi connectivity index (χ1n) is 7.94. The quantitative estimate of drug-likeness (QED) is 0.555. The van der Waals surface area contributed by atoms with Gasteiger partial charge in [-0.3, -0.25) is 0 Å². The summed E-state index contributed by atoms with van der Waals surface area (Å²) in [4.78, 5) is 24.7. The molecule has 0 saturated carbocycles. The Labute approximate surface area is 150 Å². The number of aromatic hydroxyl groups is 1. The second-order valence-corrected chi connectivity index (χ2v) is 5.47. The van der Waals surface area contributed by atoms with E-state index >= 15 is 0 Å². The molecule has 3 aromatic carbocycles. The zero-order chi connectivity index (χ0) is 18.4. The second kappa shape index (κ2) is 7.98. The first-order chi connectivity index (χ1) is 12.6. The highest BCUT2D eigenvalue weighted by Crippen LogP contribution is 2.23. The van der Waals surface area contributed by atoms with E-state index in [0.717, 1.165) is 0 Å². The van der Waals surface area contributed by atoms with Gasteiger partial charge in [-0.1, -0.05) is 48.5 Å². The van der Waals surface area contributed by atoms with Gasteiger partial charge in [0.15, 0.2) is 0 Å². The van der Waals surface area contributed by atoms with Crippen LogP contribution in [0.25, 0.3) is 0 Å². The topological polar surface area (TPSA) is 72.8 Å². The van der Waals surface area contributed by atoms with Gasteiger partial charge >= 0.3 is 11.9 Å². The Balaban J connectivity index is 1.81. The van der Waals surface area contributed by atoms with E-state index in [4.69, 9.17) is 9.47 Å². The fourth-order valence-corrected chi connectivity index (χ4v) is 2.27. The monoisotopic (exact) mass is 348 g/mol. The molecule has 3 aromatic rings. The molecule has 0 heterocycles. The smallest absolute Gasteiger partial charge is 0.341 e. The fourth-order valence-electron chi connectivity index (χ4n) is 2.27. The molecule has 0 saturated heterocycles. The summed E-state index contributed by atoms with van der Waals surface area (Å²) in [5.41, 5.74) is 1.12. The molecule has 0 radical (unpaired) electrons. The number of carbonyl (C=O) groups excluding carboxylic acids is 2. The van der Waals surface area contributed by atoms with E-state index in [1.807, 2.05) is 0 Å². The molecule has 1 N–H and O–H groups in total. The number of rotatable bonds is 5. The summed E-state index contributed by atoms with van der Waals surface area (Å²) in [5, 5.41) is 9.32. The van der Waals surface area contributed by atoms with E-state index in [1.54, 1.807) is 60.7 Å². The molecule has 0 amide bonds. The van der Waals surface area contributed by atoms with E-state index in [0.29, 0.717) is 11.1 Å². The number of phenolic OH excluding ortho intramolecular Hbond substituents is 1. The molecule has 0 aliphatic heterocycles. The molecule has 130 valence electrons. The molecule has 1 atom stereocenters. The number of benzene rings is 3. The van der Waals surface area contributed by atoms with Crippen molar-refractivity contribution in [1.82, 2.24) is 0 Å². The van der Waals surface area contributed by atoms with Gasteiger partial charge in [0.05, 0.1) is 11.1 Å². The Hall–Kier alpha value is -3.60. The molecule has 0 fully saturated rings. The third-order valence-electron chi connectivity index (χ3n) is 3.61. The molecule has 5 nitrogen and oxygen atoms in total. The molecular formula is C21H16O5. The standard InChI is InChI=1S/C21H16O5/c22-18-13-11-16(12-14-18)20(24)26-21(17-9-5-2-6-10-17)25-19(23)15-7-3-1-4-8-15/h1-14,21-22H. The molecular weight excluding hydrogens is 332 g/mol. The van der Waals surface area contributed by atoms with Crippen LogP contribution in [0.2, 0.25) is 0 Å². The lowest BCUT2D eigenvalue weighted by molar-refractivity contribution is -0.0823. The minimum Gasteiger partial charge on any atom is -0.508 e. The summed E-state index contributed by atoms with van der Waals surface area (Å²) >= 11 is 0. The molecule has 0 spiro atoms. The highest BCUT2D eigenvalue weighted by molar-refractivity contribution is 5.91. The summed E-state index contributed by atoms with van der Waals surface area (Å²) in [6, 6.07) is 22.8. The van der Waals surface area contributed by atoms with Gasteiger partial charge in [-0.15, -0.1) is 0 Å². The number of ether oxygens (including phenoxy) is 2. The van der Waals surface area contributed by atoms with Crippen LogP contribution in [-0.2, 0) is 9.47 Å². The van der Waals surface area contributed by atoms with Crippen LogP contribution < -0.4 is 0 Å². The minimum atomic E-state index is -1.19. The second-order valence-electron chi connectivity index (χ2n) is 5.47. The summed E-state index contributed by atoms with van der Waals surface area (Å²) in [6.45, 7) is 0. The van der Waals surface area contributed by atoms with Gasteiger partial charge in [-0.25, -0.2) is 9.59 Å². The average molecular weight is 348 g/mol. The van der Waals surface area contributed by atoms with Crippen LogP contribution in [-0.4, -0.2) is 17.0 Å². The van der Waals surface area contributed by atoms with Crippen molar-refractivity contribution < 1.29 is 24.2 Å². The highest BCUT2D eigenvalue weighted by atomic mass is 16.7. The summed E-state index contributed by atoms with van der Waals surface area (Å²) in [5.74, 6) is -1.23. The molecule has 0 aliphatic rings. The third kappa shape index (κ3) is 4.27. The van der Waals surface area contributed by atoms with E-state index in [9.17, 15) is 14.7 Å². The van der Waals surface area contributed by atoms with Crippen LogP contribution >= 0.6 is 0 Å². The number of phenols is 1. The van der Waals surface area contributed by atoms with Gasteiger partial charge in [0.1, 0.15) is 5.75 Å². The zero-order valence-corrected chi connectivity index (χ0v) is 13.7. The highest BCUT2D eigenvalue weighted by Gasteiger charge is 2.22. The van der Waals surface area contributed by atoms with Crippen LogP contribution in [0.1, 0.15) is 32.6 Å². The molecule has 3 rings (SSSR count). The SMILES string of the molecule is O=C(OC(OC(=O)c1ccc(O)cc1)c1ccccc1)c1ccccc1. The number of esters is 2. The molecule has 5 heteroatoms. The number of carbonyl (C=O) groups is 2. The lowest BCUT2D eigenvalue weighted by Gasteiger charge is -2.18. The van der Waals surface area contributed by atoms with Gasteiger partial charge in [0.25, 0.3) is 6.29 Å². The van der Waals surface area contributed by atoms with E-state index in [2.05, 4.69) is 0 Å². The van der Waals surface area contributed by atoms with Crippen molar-refractivity contribution in [3.05, 3.63) is 102 Å². The first kappa shape index (κ1) is 17.2. The van der Waals surface area contributed by atoms with Crippen LogP contribution in [0.3, 0.4) is 0 Å². The van der Waals surface area contributed by atoms with Crippen molar-refractivity contribution in [2.24, 2.45) is 0 Å². The fraction of sp³-hybridized carbons (Fsp3) is 0.0476. The molecule has 26 heavy (non-hydrogen) atoms. The summed E-state index contributed by atoms with van der Waals surface area (Å²) < 4.78 is 10.8. The van der Waals surface area contributed by atoms with Gasteiger partial charge in [0.2, 0.25) is 0 Å². The van der Waals surface area contributed by atoms with Gasteiger partial charge in [-0.05, 0) is 36.4 Å². The average Bonchev–Trinajstić information content (AvgIpc) is 2.69. The molecule has 0 aromatic heterocycles. The Morgan fingerprint density at radius 3 is 1.65 bits per heavy atom. The van der Waals surface area contributed by atoms with Crippen molar-refractivity contribution in [2.45, 2.75) is 6.29 Å². The Bertz CT molecular complexity index is 873. The van der Waals surface area contributed by atoms with Gasteiger partial charge in [0, 0.05) is 5.56 Å². The van der Waals surface area contributed by atoms with Crippen LogP contribution in [0.15, 0.2) is 84.9 Å². The Morgan fingerprint density at radius 1 is 0.654 bits per heavy atom.